The van der Waals surface area contributed by atoms with Gasteiger partial charge in [0.2, 0.25) is 0 Å². The van der Waals surface area contributed by atoms with Crippen LogP contribution < -0.4 is 30.8 Å². The van der Waals surface area contributed by atoms with E-state index in [0.717, 1.165) is 43.9 Å². The van der Waals surface area contributed by atoms with E-state index in [1.807, 2.05) is 31.3 Å². The van der Waals surface area contributed by atoms with E-state index >= 15 is 0 Å². The number of hydrogen-bond acceptors (Lipinski definition) is 5. The Balaban J connectivity index is 1.17. The minimum Gasteiger partial charge on any atom is -0.206 e. The molecule has 1 saturated heterocycles. The maximum Gasteiger partial charge on any atom is 0.132 e. The van der Waals surface area contributed by atoms with Gasteiger partial charge in [0, 0.05) is 5.56 Å². The third kappa shape index (κ3) is 5.80. The summed E-state index contributed by atoms with van der Waals surface area (Å²) in [5.74, 6) is -0.228. The molecule has 8 heteroatoms. The van der Waals surface area contributed by atoms with Crippen LogP contribution in [0, 0.1) is 16.3 Å². The molecule has 0 saturated carbocycles. The van der Waals surface area contributed by atoms with Crippen molar-refractivity contribution >= 4 is 11.7 Å². The van der Waals surface area contributed by atoms with Gasteiger partial charge in [-0.05, 0) is 12.5 Å². The Labute approximate surface area is 227 Å². The van der Waals surface area contributed by atoms with Crippen LogP contribution in [0.25, 0.3) is 0 Å². The standard InChI is InChI=1S/C29H30FIN3O3/c1-19-5-3-6-22(28(19)30)18-37-27-8-4-7-25(32-27)20-11-13-34(14-12-20)17-23-16-31-24-10-9-21(29(35)36)15-26(24)33(23)2/h3-10,15-16,20H,11-14,17-18H2,1-2H3,(H,35,36)/q-1. The van der Waals surface area contributed by atoms with Crippen molar-refractivity contribution in [1.29, 1.82) is 0 Å². The number of carbonyl (C=O) groups is 1. The molecule has 1 aromatic heterocycles. The fourth-order valence-corrected chi connectivity index (χ4v) is 7.34. The van der Waals surface area contributed by atoms with E-state index in [0.29, 0.717) is 28.5 Å². The van der Waals surface area contributed by atoms with E-state index in [1.54, 1.807) is 31.2 Å². The summed E-state index contributed by atoms with van der Waals surface area (Å²) in [7, 11) is 2.03. The maximum absolute atomic E-state index is 14.3. The molecule has 0 spiro atoms. The van der Waals surface area contributed by atoms with Gasteiger partial charge in [0.05, 0.1) is 0 Å². The number of likely N-dealkylation sites (N-methyl/N-ethyl adjacent to an activating group) is 1. The molecule has 3 heterocycles. The number of ether oxygens (including phenoxy) is 1. The SMILES string of the molecule is Cc1cccc(COc2cccc(C3CCN(CC4=C[I-]c5ccc(C(=O)O)cc5N4C)CC3)n2)c1F. The summed E-state index contributed by atoms with van der Waals surface area (Å²) in [5.41, 5.74) is 4.77. The van der Waals surface area contributed by atoms with Crippen molar-refractivity contribution < 1.29 is 40.2 Å². The van der Waals surface area contributed by atoms with Crippen molar-refractivity contribution in [3.63, 3.8) is 0 Å². The zero-order chi connectivity index (χ0) is 25.9. The number of aromatic nitrogens is 1. The van der Waals surface area contributed by atoms with Crippen LogP contribution in [-0.4, -0.2) is 47.6 Å². The van der Waals surface area contributed by atoms with Gasteiger partial charge < -0.3 is 0 Å². The Bertz CT molecular complexity index is 1340. The Morgan fingerprint density at radius 2 is 1.95 bits per heavy atom. The first-order chi connectivity index (χ1) is 17.9. The molecule has 3 aromatic rings. The minimum absolute atomic E-state index is 0.157. The van der Waals surface area contributed by atoms with Crippen molar-refractivity contribution in [2.24, 2.45) is 0 Å². The smallest absolute Gasteiger partial charge is 0.132 e. The molecule has 1 N–H and O–H groups in total. The number of carboxylic acids is 1. The second kappa shape index (κ2) is 11.2. The van der Waals surface area contributed by atoms with Crippen molar-refractivity contribution in [1.82, 2.24) is 9.88 Å². The molecule has 0 unspecified atom stereocenters. The average Bonchev–Trinajstić information content (AvgIpc) is 2.91. The van der Waals surface area contributed by atoms with Crippen LogP contribution in [0.15, 0.2) is 64.4 Å². The summed E-state index contributed by atoms with van der Waals surface area (Å²) < 4.78 is 23.7. The summed E-state index contributed by atoms with van der Waals surface area (Å²) in [5, 5.41) is 9.38. The number of carboxylic acid groups (broad SMARTS) is 1. The molecule has 0 atom stereocenters. The number of likely N-dealkylation sites (tertiary alicyclic amines) is 1. The molecule has 0 bridgehead atoms. The molecule has 37 heavy (non-hydrogen) atoms. The van der Waals surface area contributed by atoms with E-state index in [-0.39, 0.29) is 33.6 Å². The van der Waals surface area contributed by atoms with Gasteiger partial charge in [-0.15, -0.1) is 0 Å². The Hall–Kier alpha value is -2.98. The maximum atomic E-state index is 14.3. The summed E-state index contributed by atoms with van der Waals surface area (Å²) in [6.45, 7) is 4.71. The second-order valence-corrected chi connectivity index (χ2v) is 11.9. The van der Waals surface area contributed by atoms with E-state index < -0.39 is 5.97 Å². The Morgan fingerprint density at radius 1 is 1.16 bits per heavy atom. The Kier molecular flexibility index (Phi) is 7.76. The first-order valence-electron chi connectivity index (χ1n) is 12.4. The number of hydrogen-bond donors (Lipinski definition) is 1. The minimum atomic E-state index is -0.891. The molecular formula is C29H30FIN3O3-. The molecule has 2 aliphatic heterocycles. The first kappa shape index (κ1) is 25.7. The van der Waals surface area contributed by atoms with E-state index in [4.69, 9.17) is 9.72 Å². The topological polar surface area (TPSA) is 65.9 Å². The number of rotatable bonds is 7. The van der Waals surface area contributed by atoms with Crippen LogP contribution in [-0.2, 0) is 6.61 Å². The number of benzene rings is 2. The largest absolute Gasteiger partial charge is 0.206 e. The molecule has 0 radical (unpaired) electrons. The molecule has 5 rings (SSSR count). The normalized spacial score (nSPS) is 16.5. The van der Waals surface area contributed by atoms with Gasteiger partial charge in [-0.25, -0.2) is 4.39 Å². The predicted octanol–water partition coefficient (Wildman–Crippen LogP) is 2.24. The quantitative estimate of drug-likeness (QED) is 0.413. The van der Waals surface area contributed by atoms with Crippen LogP contribution in [0.3, 0.4) is 0 Å². The molecule has 2 aromatic carbocycles. The van der Waals surface area contributed by atoms with Crippen LogP contribution in [0.1, 0.15) is 45.9 Å². The summed E-state index contributed by atoms with van der Waals surface area (Å²) in [4.78, 5) is 20.8. The number of pyridine rings is 1. The fourth-order valence-electron chi connectivity index (χ4n) is 4.81. The third-order valence-electron chi connectivity index (χ3n) is 7.07. The molecule has 2 aliphatic rings. The van der Waals surface area contributed by atoms with Crippen LogP contribution in [0.2, 0.25) is 0 Å². The molecule has 6 nitrogen and oxygen atoms in total. The van der Waals surface area contributed by atoms with Crippen molar-refractivity contribution in [2.45, 2.75) is 32.3 Å². The van der Waals surface area contributed by atoms with Gasteiger partial charge in [-0.2, -0.15) is 0 Å². The zero-order valence-electron chi connectivity index (χ0n) is 21.0. The summed E-state index contributed by atoms with van der Waals surface area (Å²) in [6, 6.07) is 16.6. The van der Waals surface area contributed by atoms with Gasteiger partial charge in [0.25, 0.3) is 0 Å². The van der Waals surface area contributed by atoms with E-state index in [1.165, 1.54) is 9.27 Å². The molecule has 194 valence electrons. The number of nitrogens with zero attached hydrogens (tertiary/aromatic N) is 3. The van der Waals surface area contributed by atoms with E-state index in [9.17, 15) is 14.3 Å². The summed E-state index contributed by atoms with van der Waals surface area (Å²) >= 11 is -0.279. The van der Waals surface area contributed by atoms with Crippen LogP contribution >= 0.6 is 0 Å². The number of halogens is 2. The zero-order valence-corrected chi connectivity index (χ0v) is 23.1. The summed E-state index contributed by atoms with van der Waals surface area (Å²) in [6.07, 6.45) is 2.02. The van der Waals surface area contributed by atoms with Crippen molar-refractivity contribution in [3.05, 3.63) is 96.1 Å². The number of piperidine rings is 1. The molecular weight excluding hydrogens is 584 g/mol. The predicted molar refractivity (Wildman–Crippen MR) is 137 cm³/mol. The average molecular weight is 614 g/mol. The number of fused-ring (bicyclic) bond motifs is 1. The van der Waals surface area contributed by atoms with Crippen molar-refractivity contribution in [2.75, 3.05) is 31.6 Å². The number of anilines is 1. The van der Waals surface area contributed by atoms with E-state index in [2.05, 4.69) is 19.9 Å². The van der Waals surface area contributed by atoms with Gasteiger partial charge >= 0.3 is 181 Å². The van der Waals surface area contributed by atoms with Crippen molar-refractivity contribution in [3.8, 4) is 5.88 Å². The fraction of sp³-hybridized carbons (Fsp3) is 0.310. The molecule has 1 fully saturated rings. The van der Waals surface area contributed by atoms with Gasteiger partial charge in [-0.3, -0.25) is 0 Å². The second-order valence-electron chi connectivity index (χ2n) is 9.53. The number of aromatic carboxylic acids is 1. The third-order valence-corrected chi connectivity index (χ3v) is 9.68. The van der Waals surface area contributed by atoms with Gasteiger partial charge in [0.15, 0.2) is 0 Å². The number of aryl methyl sites for hydroxylation is 1. The Morgan fingerprint density at radius 3 is 2.73 bits per heavy atom. The first-order valence-corrected chi connectivity index (χ1v) is 14.7. The van der Waals surface area contributed by atoms with Crippen LogP contribution in [0.5, 0.6) is 5.88 Å². The van der Waals surface area contributed by atoms with Gasteiger partial charge in [-0.1, -0.05) is 18.2 Å². The molecule has 0 aliphatic carbocycles. The molecule has 0 amide bonds. The van der Waals surface area contributed by atoms with Crippen LogP contribution in [0.4, 0.5) is 10.1 Å². The van der Waals surface area contributed by atoms with Gasteiger partial charge in [0.1, 0.15) is 5.82 Å². The monoisotopic (exact) mass is 614 g/mol.